The molecule has 0 spiro atoms. The van der Waals surface area contributed by atoms with E-state index in [0.717, 1.165) is 16.0 Å². The Hall–Kier alpha value is -1.02. The first-order chi connectivity index (χ1) is 5.74. The summed E-state index contributed by atoms with van der Waals surface area (Å²) in [4.78, 5) is 5.07. The van der Waals surface area contributed by atoms with Crippen molar-refractivity contribution in [1.82, 2.24) is 4.98 Å². The fourth-order valence-corrected chi connectivity index (χ4v) is 1.32. The van der Waals surface area contributed by atoms with E-state index in [1.807, 2.05) is 19.3 Å². The smallest absolute Gasteiger partial charge is 0.0351 e. The zero-order valence-electron chi connectivity index (χ0n) is 7.08. The summed E-state index contributed by atoms with van der Waals surface area (Å²) in [6.45, 7) is 9.55. The van der Waals surface area contributed by atoms with Crippen LogP contribution in [0.25, 0.3) is 4.91 Å². The lowest BCUT2D eigenvalue weighted by atomic mass is 10.2. The monoisotopic (exact) mass is 177 g/mol. The highest BCUT2D eigenvalue weighted by molar-refractivity contribution is 8.10. The molecule has 0 aromatic carbocycles. The number of aromatic nitrogens is 1. The molecular formula is C10H11NS. The highest BCUT2D eigenvalue weighted by Crippen LogP contribution is 2.25. The highest BCUT2D eigenvalue weighted by atomic mass is 32.2. The minimum Gasteiger partial charge on any atom is -0.264 e. The van der Waals surface area contributed by atoms with Gasteiger partial charge < -0.3 is 0 Å². The van der Waals surface area contributed by atoms with E-state index >= 15 is 0 Å². The molecule has 0 saturated carbocycles. The van der Waals surface area contributed by atoms with E-state index in [0.29, 0.717) is 0 Å². The Kier molecular flexibility index (Phi) is 3.11. The van der Waals surface area contributed by atoms with E-state index in [1.54, 1.807) is 5.41 Å². The summed E-state index contributed by atoms with van der Waals surface area (Å²) in [6.07, 6.45) is 3.64. The van der Waals surface area contributed by atoms with Crippen LogP contribution in [0.3, 0.4) is 0 Å². The van der Waals surface area contributed by atoms with Gasteiger partial charge >= 0.3 is 0 Å². The van der Waals surface area contributed by atoms with Gasteiger partial charge in [0.2, 0.25) is 0 Å². The molecule has 12 heavy (non-hydrogen) atoms. The van der Waals surface area contributed by atoms with Crippen LogP contribution in [0.2, 0.25) is 0 Å². The largest absolute Gasteiger partial charge is 0.264 e. The van der Waals surface area contributed by atoms with E-state index in [1.165, 1.54) is 11.8 Å². The summed E-state index contributed by atoms with van der Waals surface area (Å²) in [5.74, 6) is 0. The summed E-state index contributed by atoms with van der Waals surface area (Å²) >= 11 is 1.52. The third-order valence-corrected chi connectivity index (χ3v) is 2.11. The van der Waals surface area contributed by atoms with Gasteiger partial charge in [-0.25, -0.2) is 0 Å². The number of hydrogen-bond donors (Lipinski definition) is 0. The second-order valence-electron chi connectivity index (χ2n) is 2.46. The Morgan fingerprint density at radius 1 is 1.58 bits per heavy atom. The fourth-order valence-electron chi connectivity index (χ4n) is 0.876. The van der Waals surface area contributed by atoms with Crippen LogP contribution in [-0.4, -0.2) is 4.98 Å². The van der Waals surface area contributed by atoms with Crippen molar-refractivity contribution in [3.63, 3.8) is 0 Å². The van der Waals surface area contributed by atoms with Crippen molar-refractivity contribution in [2.45, 2.75) is 6.92 Å². The van der Waals surface area contributed by atoms with Crippen molar-refractivity contribution in [3.05, 3.63) is 48.2 Å². The van der Waals surface area contributed by atoms with Crippen molar-refractivity contribution >= 4 is 16.7 Å². The quantitative estimate of drug-likeness (QED) is 0.703. The number of thioether (sulfide) groups is 1. The van der Waals surface area contributed by atoms with Gasteiger partial charge in [0, 0.05) is 22.9 Å². The number of aryl methyl sites for hydroxylation is 1. The van der Waals surface area contributed by atoms with Gasteiger partial charge in [-0.15, -0.1) is 0 Å². The normalized spacial score (nSPS) is 9.42. The molecule has 0 radical (unpaired) electrons. The first kappa shape index (κ1) is 9.07. The Morgan fingerprint density at radius 2 is 2.33 bits per heavy atom. The molecule has 0 aliphatic heterocycles. The first-order valence-electron chi connectivity index (χ1n) is 3.62. The molecule has 0 bridgehead atoms. The Bertz CT molecular complexity index is 304. The molecule has 62 valence electrons. The van der Waals surface area contributed by atoms with Crippen molar-refractivity contribution in [1.29, 1.82) is 0 Å². The van der Waals surface area contributed by atoms with E-state index < -0.39 is 0 Å². The van der Waals surface area contributed by atoms with Crippen LogP contribution in [0, 0.1) is 6.92 Å². The van der Waals surface area contributed by atoms with Crippen LogP contribution < -0.4 is 0 Å². The number of pyridine rings is 1. The summed E-state index contributed by atoms with van der Waals surface area (Å²) in [6, 6.07) is 2.06. The molecule has 1 aromatic rings. The number of nitrogens with zero attached hydrogens (tertiary/aromatic N) is 1. The van der Waals surface area contributed by atoms with Crippen LogP contribution in [0.5, 0.6) is 0 Å². The standard InChI is InChI=1S/C10H11NS/c1-4-12-9(3)10-5-8(2)6-11-7-10/h4-7H,1,3H2,2H3. The van der Waals surface area contributed by atoms with Gasteiger partial charge in [0.1, 0.15) is 0 Å². The second-order valence-corrected chi connectivity index (χ2v) is 3.52. The second kappa shape index (κ2) is 4.12. The van der Waals surface area contributed by atoms with Gasteiger partial charge in [-0.2, -0.15) is 0 Å². The number of rotatable bonds is 3. The molecule has 0 unspecified atom stereocenters. The van der Waals surface area contributed by atoms with Gasteiger partial charge in [-0.05, 0) is 24.0 Å². The van der Waals surface area contributed by atoms with Gasteiger partial charge in [0.05, 0.1) is 0 Å². The van der Waals surface area contributed by atoms with Gasteiger partial charge in [-0.3, -0.25) is 4.98 Å². The maximum atomic E-state index is 4.08. The molecule has 0 saturated heterocycles. The van der Waals surface area contributed by atoms with Crippen molar-refractivity contribution in [2.24, 2.45) is 0 Å². The molecule has 0 atom stereocenters. The zero-order chi connectivity index (χ0) is 8.97. The van der Waals surface area contributed by atoms with Crippen molar-refractivity contribution < 1.29 is 0 Å². The summed E-state index contributed by atoms with van der Waals surface area (Å²) in [7, 11) is 0. The summed E-state index contributed by atoms with van der Waals surface area (Å²) < 4.78 is 0. The lowest BCUT2D eigenvalue weighted by Gasteiger charge is -2.01. The topological polar surface area (TPSA) is 12.9 Å². The predicted octanol–water partition coefficient (Wildman–Crippen LogP) is 3.24. The van der Waals surface area contributed by atoms with Crippen LogP contribution in [0.1, 0.15) is 11.1 Å². The minimum absolute atomic E-state index is 0.987. The molecule has 0 fully saturated rings. The SMILES string of the molecule is C=CSC(=C)c1cncc(C)c1. The average Bonchev–Trinajstić information content (AvgIpc) is 2.05. The maximum absolute atomic E-state index is 4.08. The summed E-state index contributed by atoms with van der Waals surface area (Å²) in [5, 5.41) is 1.77. The highest BCUT2D eigenvalue weighted by Gasteiger charge is 1.97. The minimum atomic E-state index is 0.987. The molecule has 0 amide bonds. The van der Waals surface area contributed by atoms with Crippen LogP contribution in [-0.2, 0) is 0 Å². The third-order valence-electron chi connectivity index (χ3n) is 1.42. The Labute approximate surface area is 77.2 Å². The van der Waals surface area contributed by atoms with Crippen LogP contribution in [0.15, 0.2) is 37.0 Å². The molecule has 0 N–H and O–H groups in total. The molecule has 1 nitrogen and oxygen atoms in total. The Morgan fingerprint density at radius 3 is 2.92 bits per heavy atom. The average molecular weight is 177 g/mol. The molecule has 1 heterocycles. The predicted molar refractivity (Wildman–Crippen MR) is 55.8 cm³/mol. The van der Waals surface area contributed by atoms with E-state index in [-0.39, 0.29) is 0 Å². The molecule has 1 aromatic heterocycles. The summed E-state index contributed by atoms with van der Waals surface area (Å²) in [5.41, 5.74) is 2.22. The molecule has 1 rings (SSSR count). The maximum Gasteiger partial charge on any atom is 0.0351 e. The molecule has 0 aliphatic rings. The van der Waals surface area contributed by atoms with Crippen molar-refractivity contribution in [2.75, 3.05) is 0 Å². The molecule has 2 heteroatoms. The third kappa shape index (κ3) is 2.24. The van der Waals surface area contributed by atoms with Crippen LogP contribution in [0.4, 0.5) is 0 Å². The first-order valence-corrected chi connectivity index (χ1v) is 4.50. The molecule has 0 aliphatic carbocycles. The van der Waals surface area contributed by atoms with Crippen LogP contribution >= 0.6 is 11.8 Å². The number of hydrogen-bond acceptors (Lipinski definition) is 2. The lowest BCUT2D eigenvalue weighted by Crippen LogP contribution is -1.82. The lowest BCUT2D eigenvalue weighted by molar-refractivity contribution is 1.26. The van der Waals surface area contributed by atoms with E-state index in [9.17, 15) is 0 Å². The van der Waals surface area contributed by atoms with Gasteiger partial charge in [0.25, 0.3) is 0 Å². The van der Waals surface area contributed by atoms with Gasteiger partial charge in [-0.1, -0.05) is 24.9 Å². The van der Waals surface area contributed by atoms with E-state index in [4.69, 9.17) is 0 Å². The van der Waals surface area contributed by atoms with Gasteiger partial charge in [0.15, 0.2) is 0 Å². The zero-order valence-corrected chi connectivity index (χ0v) is 7.90. The van der Waals surface area contributed by atoms with E-state index in [2.05, 4.69) is 24.2 Å². The Balaban J connectivity index is 2.87. The van der Waals surface area contributed by atoms with Crippen molar-refractivity contribution in [3.8, 4) is 0 Å². The molecular weight excluding hydrogens is 166 g/mol. The fraction of sp³-hybridized carbons (Fsp3) is 0.100.